The first-order valence-electron chi connectivity index (χ1n) is 5.90. The highest BCUT2D eigenvalue weighted by molar-refractivity contribution is 5.79. The maximum Gasteiger partial charge on any atom is 0.134 e. The second kappa shape index (κ2) is 6.75. The first kappa shape index (κ1) is 13.3. The van der Waals surface area contributed by atoms with Gasteiger partial charge in [0.2, 0.25) is 0 Å². The second-order valence-corrected chi connectivity index (χ2v) is 4.24. The summed E-state index contributed by atoms with van der Waals surface area (Å²) in [5, 5.41) is 0. The predicted octanol–water partition coefficient (Wildman–Crippen LogP) is 3.14. The van der Waals surface area contributed by atoms with Gasteiger partial charge in [-0.15, -0.1) is 11.8 Å². The minimum absolute atomic E-state index is 0.248. The summed E-state index contributed by atoms with van der Waals surface area (Å²) >= 11 is 0. The number of carbonyl (C=O) groups excluding carboxylic acids is 1. The normalized spacial score (nSPS) is 11.4. The number of anilines is 1. The van der Waals surface area contributed by atoms with E-state index in [1.54, 1.807) is 6.92 Å². The molecule has 0 radical (unpaired) electrons. The molecule has 1 aromatic rings. The van der Waals surface area contributed by atoms with Gasteiger partial charge in [-0.2, -0.15) is 0 Å². The Bertz CT molecular complexity index is 422. The number of ketones is 1. The third-order valence-corrected chi connectivity index (χ3v) is 2.74. The first-order chi connectivity index (χ1) is 8.13. The smallest absolute Gasteiger partial charge is 0.134 e. The average molecular weight is 229 g/mol. The summed E-state index contributed by atoms with van der Waals surface area (Å²) in [4.78, 5) is 11.7. The molecular weight excluding hydrogens is 210 g/mol. The molecule has 0 aliphatic heterocycles. The Hall–Kier alpha value is -1.75. The first-order valence-corrected chi connectivity index (χ1v) is 5.90. The summed E-state index contributed by atoms with van der Waals surface area (Å²) in [6.45, 7) is 3.86. The standard InChI is InChI=1S/C15H19NO/c1-3-4-5-6-15(17)11-12(2)13-7-9-14(16)10-8-13/h7-10,12H,5-6,11,16H2,1-2H3. The van der Waals surface area contributed by atoms with Crippen molar-refractivity contribution in [1.82, 2.24) is 0 Å². The predicted molar refractivity (Wildman–Crippen MR) is 71.6 cm³/mol. The molecule has 2 N–H and O–H groups in total. The molecule has 2 nitrogen and oxygen atoms in total. The maximum absolute atomic E-state index is 11.7. The van der Waals surface area contributed by atoms with Crippen molar-refractivity contribution in [2.24, 2.45) is 0 Å². The lowest BCUT2D eigenvalue weighted by Gasteiger charge is -2.10. The van der Waals surface area contributed by atoms with Gasteiger partial charge >= 0.3 is 0 Å². The number of benzene rings is 1. The van der Waals surface area contributed by atoms with Gasteiger partial charge in [0.15, 0.2) is 0 Å². The quantitative estimate of drug-likeness (QED) is 0.622. The van der Waals surface area contributed by atoms with E-state index in [9.17, 15) is 4.79 Å². The van der Waals surface area contributed by atoms with Gasteiger partial charge in [-0.25, -0.2) is 0 Å². The van der Waals surface area contributed by atoms with Crippen molar-refractivity contribution < 1.29 is 4.79 Å². The lowest BCUT2D eigenvalue weighted by Crippen LogP contribution is -2.04. The lowest BCUT2D eigenvalue weighted by atomic mass is 9.94. The molecule has 0 spiro atoms. The van der Waals surface area contributed by atoms with Crippen molar-refractivity contribution in [2.75, 3.05) is 5.73 Å². The zero-order valence-electron chi connectivity index (χ0n) is 10.5. The molecule has 0 saturated carbocycles. The molecule has 0 saturated heterocycles. The molecule has 1 aromatic carbocycles. The van der Waals surface area contributed by atoms with Crippen LogP contribution in [-0.4, -0.2) is 5.78 Å². The summed E-state index contributed by atoms with van der Waals surface area (Å²) in [6.07, 6.45) is 1.80. The molecule has 90 valence electrons. The van der Waals surface area contributed by atoms with Crippen LogP contribution in [0.1, 0.15) is 44.6 Å². The van der Waals surface area contributed by atoms with Crippen molar-refractivity contribution in [3.63, 3.8) is 0 Å². The SMILES string of the molecule is CC#CCCC(=O)CC(C)c1ccc(N)cc1. The van der Waals surface area contributed by atoms with E-state index in [2.05, 4.69) is 18.8 Å². The topological polar surface area (TPSA) is 43.1 Å². The molecule has 0 aliphatic carbocycles. The van der Waals surface area contributed by atoms with Crippen LogP contribution in [0.25, 0.3) is 0 Å². The Kier molecular flexibility index (Phi) is 5.29. The number of nitrogen functional groups attached to an aromatic ring is 1. The zero-order chi connectivity index (χ0) is 12.7. The van der Waals surface area contributed by atoms with Crippen molar-refractivity contribution in [1.29, 1.82) is 0 Å². The summed E-state index contributed by atoms with van der Waals surface area (Å²) in [5.41, 5.74) is 7.54. The molecule has 17 heavy (non-hydrogen) atoms. The summed E-state index contributed by atoms with van der Waals surface area (Å²) < 4.78 is 0. The van der Waals surface area contributed by atoms with Crippen molar-refractivity contribution in [3.8, 4) is 11.8 Å². The van der Waals surface area contributed by atoms with Gasteiger partial charge < -0.3 is 5.73 Å². The molecule has 0 bridgehead atoms. The van der Waals surface area contributed by atoms with Crippen LogP contribution in [0.15, 0.2) is 24.3 Å². The molecule has 0 fully saturated rings. The van der Waals surface area contributed by atoms with Crippen molar-refractivity contribution in [2.45, 2.75) is 39.0 Å². The van der Waals surface area contributed by atoms with E-state index in [-0.39, 0.29) is 11.7 Å². The Morgan fingerprint density at radius 2 is 2.00 bits per heavy atom. The van der Waals surface area contributed by atoms with Crippen molar-refractivity contribution in [3.05, 3.63) is 29.8 Å². The second-order valence-electron chi connectivity index (χ2n) is 4.24. The van der Waals surface area contributed by atoms with Crippen LogP contribution < -0.4 is 5.73 Å². The number of rotatable bonds is 5. The number of Topliss-reactive ketones (excluding diaryl/α,β-unsaturated/α-hetero) is 1. The number of hydrogen-bond donors (Lipinski definition) is 1. The molecule has 0 amide bonds. The van der Waals surface area contributed by atoms with Crippen LogP contribution in [0.5, 0.6) is 0 Å². The monoisotopic (exact) mass is 229 g/mol. The van der Waals surface area contributed by atoms with E-state index in [4.69, 9.17) is 5.73 Å². The van der Waals surface area contributed by atoms with Crippen LogP contribution in [0.2, 0.25) is 0 Å². The van der Waals surface area contributed by atoms with Gasteiger partial charge in [-0.3, -0.25) is 4.79 Å². The molecule has 1 rings (SSSR count). The third-order valence-electron chi connectivity index (χ3n) is 2.74. The van der Waals surface area contributed by atoms with E-state index in [0.29, 0.717) is 19.3 Å². The van der Waals surface area contributed by atoms with Gasteiger partial charge in [0.25, 0.3) is 0 Å². The summed E-state index contributed by atoms with van der Waals surface area (Å²) in [7, 11) is 0. The van der Waals surface area contributed by atoms with Gasteiger partial charge in [-0.1, -0.05) is 19.1 Å². The average Bonchev–Trinajstić information content (AvgIpc) is 2.30. The largest absolute Gasteiger partial charge is 0.399 e. The van der Waals surface area contributed by atoms with Crippen molar-refractivity contribution >= 4 is 11.5 Å². The summed E-state index contributed by atoms with van der Waals surface area (Å²) in [6, 6.07) is 7.72. The number of nitrogens with two attached hydrogens (primary N) is 1. The van der Waals surface area contributed by atoms with Gasteiger partial charge in [-0.05, 0) is 30.5 Å². The molecule has 0 heterocycles. The van der Waals surface area contributed by atoms with Crippen LogP contribution in [0.4, 0.5) is 5.69 Å². The molecular formula is C15H19NO. The Labute approximate surface area is 103 Å². The molecule has 2 heteroatoms. The highest BCUT2D eigenvalue weighted by Gasteiger charge is 2.10. The van der Waals surface area contributed by atoms with Crippen LogP contribution in [0, 0.1) is 11.8 Å². The molecule has 0 aromatic heterocycles. The molecule has 0 aliphatic rings. The van der Waals surface area contributed by atoms with E-state index < -0.39 is 0 Å². The van der Waals surface area contributed by atoms with E-state index in [1.807, 2.05) is 24.3 Å². The van der Waals surface area contributed by atoms with E-state index >= 15 is 0 Å². The Balaban J connectivity index is 2.47. The van der Waals surface area contributed by atoms with Crippen LogP contribution >= 0.6 is 0 Å². The number of carbonyl (C=O) groups is 1. The Morgan fingerprint density at radius 3 is 2.59 bits per heavy atom. The van der Waals surface area contributed by atoms with Crippen LogP contribution in [0.3, 0.4) is 0 Å². The lowest BCUT2D eigenvalue weighted by molar-refractivity contribution is -0.119. The third kappa shape index (κ3) is 4.74. The minimum atomic E-state index is 0.248. The highest BCUT2D eigenvalue weighted by Crippen LogP contribution is 2.21. The van der Waals surface area contributed by atoms with Gasteiger partial charge in [0, 0.05) is 24.9 Å². The number of hydrogen-bond acceptors (Lipinski definition) is 2. The van der Waals surface area contributed by atoms with E-state index in [1.165, 1.54) is 0 Å². The minimum Gasteiger partial charge on any atom is -0.399 e. The fourth-order valence-electron chi connectivity index (χ4n) is 1.71. The fraction of sp³-hybridized carbons (Fsp3) is 0.400. The zero-order valence-corrected chi connectivity index (χ0v) is 10.5. The fourth-order valence-corrected chi connectivity index (χ4v) is 1.71. The molecule has 1 unspecified atom stereocenters. The highest BCUT2D eigenvalue weighted by atomic mass is 16.1. The summed E-state index contributed by atoms with van der Waals surface area (Å²) in [5.74, 6) is 6.23. The van der Waals surface area contributed by atoms with E-state index in [0.717, 1.165) is 11.3 Å². The van der Waals surface area contributed by atoms with Gasteiger partial charge in [0.1, 0.15) is 5.78 Å². The van der Waals surface area contributed by atoms with Crippen LogP contribution in [-0.2, 0) is 4.79 Å². The molecule has 1 atom stereocenters. The Morgan fingerprint density at radius 1 is 1.35 bits per heavy atom. The van der Waals surface area contributed by atoms with Gasteiger partial charge in [0.05, 0.1) is 0 Å². The maximum atomic E-state index is 11.7.